The molecule has 0 saturated heterocycles. The Hall–Kier alpha value is -16.8. The third kappa shape index (κ3) is 28.2. The number of carboxylic acid groups (broad SMARTS) is 3. The molecular weight excluding hydrogens is 1750 g/mol. The lowest BCUT2D eigenvalue weighted by molar-refractivity contribution is -0.143. The van der Waals surface area contributed by atoms with Crippen molar-refractivity contribution in [2.45, 2.75) is 42.6 Å². The number of esters is 6. The molecule has 710 valence electrons. The van der Waals surface area contributed by atoms with Crippen LogP contribution in [0.5, 0.6) is 51.7 Å². The largest absolute Gasteiger partial charge is 0.482 e. The van der Waals surface area contributed by atoms with Gasteiger partial charge in [0.05, 0.1) is 21.3 Å². The normalized spacial score (nSPS) is 10.8. The minimum atomic E-state index is -1.24. The number of carboxylic acids is 3. The minimum absolute atomic E-state index is 0.187. The van der Waals surface area contributed by atoms with Gasteiger partial charge >= 0.3 is 53.7 Å². The van der Waals surface area contributed by atoms with Gasteiger partial charge in [0.2, 0.25) is 0 Å². The fourth-order valence-corrected chi connectivity index (χ4v) is 14.4. The summed E-state index contributed by atoms with van der Waals surface area (Å²) in [6.07, 6.45) is 3.29. The van der Waals surface area contributed by atoms with Crippen LogP contribution in [0, 0.1) is 0 Å². The summed E-state index contributed by atoms with van der Waals surface area (Å²) in [6.45, 7) is 14.4. The van der Waals surface area contributed by atoms with Crippen molar-refractivity contribution in [2.24, 2.45) is 0 Å². The Balaban J connectivity index is 0.000000205. The second kappa shape index (κ2) is 49.1. The van der Waals surface area contributed by atoms with Crippen LogP contribution in [0.4, 0.5) is 17.1 Å². The number of anilines is 3. The van der Waals surface area contributed by atoms with E-state index in [9.17, 15) is 48.3 Å². The van der Waals surface area contributed by atoms with Crippen LogP contribution in [0.2, 0.25) is 0 Å². The van der Waals surface area contributed by atoms with Crippen molar-refractivity contribution in [2.75, 3.05) is 118 Å². The second-order valence-corrected chi connectivity index (χ2v) is 31.6. The number of ether oxygens (including phenoxy) is 12. The van der Waals surface area contributed by atoms with Crippen LogP contribution in [0.15, 0.2) is 329 Å². The summed E-state index contributed by atoms with van der Waals surface area (Å²) in [5, 5.41) is 38.6. The van der Waals surface area contributed by atoms with Crippen molar-refractivity contribution in [3.8, 4) is 51.7 Å². The van der Waals surface area contributed by atoms with Gasteiger partial charge in [-0.1, -0.05) is 165 Å². The molecule has 0 atom stereocenters. The van der Waals surface area contributed by atoms with Crippen molar-refractivity contribution >= 4 is 70.8 Å². The van der Waals surface area contributed by atoms with Gasteiger partial charge in [0.1, 0.15) is 57.3 Å². The van der Waals surface area contributed by atoms with Crippen molar-refractivity contribution in [3.05, 3.63) is 396 Å². The van der Waals surface area contributed by atoms with Crippen molar-refractivity contribution < 1.29 is 120 Å². The maximum absolute atomic E-state index is 12.1. The number of hydrogen-bond acceptors (Lipinski definition) is 25. The zero-order valence-electron chi connectivity index (χ0n) is 78.0. The van der Waals surface area contributed by atoms with Crippen LogP contribution in [-0.4, -0.2) is 177 Å². The Morgan fingerprint density at radius 2 is 0.394 bits per heavy atom. The van der Waals surface area contributed by atoms with Gasteiger partial charge in [-0.2, -0.15) is 0 Å². The molecule has 12 aromatic rings. The van der Waals surface area contributed by atoms with Crippen LogP contribution < -0.4 is 57.3 Å². The first kappa shape index (κ1) is 104. The molecule has 28 heteroatoms. The summed E-state index contributed by atoms with van der Waals surface area (Å²) < 4.78 is 61.7. The summed E-state index contributed by atoms with van der Waals surface area (Å²) in [5.41, 5.74) is 10.8. The first-order valence-electron chi connectivity index (χ1n) is 42.7. The quantitative estimate of drug-likeness (QED) is 0.00914. The molecule has 0 aromatic heterocycles. The average molecular weight is 1860 g/mol. The number of carbonyl (C=O) groups excluding carboxylic acids is 6. The van der Waals surface area contributed by atoms with E-state index in [4.69, 9.17) is 58.0 Å². The summed E-state index contributed by atoms with van der Waals surface area (Å²) in [4.78, 5) is 107. The predicted molar refractivity (Wildman–Crippen MR) is 518 cm³/mol. The first-order valence-corrected chi connectivity index (χ1v) is 42.7. The summed E-state index contributed by atoms with van der Waals surface area (Å²) in [5.74, 6) is -2.29. The summed E-state index contributed by atoms with van der Waals surface area (Å²) in [7, 11) is 16.0. The van der Waals surface area contributed by atoms with Gasteiger partial charge in [0.15, 0.2) is 39.6 Å². The molecule has 0 aliphatic carbocycles. The third-order valence-corrected chi connectivity index (χ3v) is 22.3. The molecule has 0 unspecified atom stereocenters. The van der Waals surface area contributed by atoms with E-state index in [1.54, 1.807) is 109 Å². The Bertz CT molecular complexity index is 5480. The lowest BCUT2D eigenvalue weighted by Crippen LogP contribution is -2.29. The monoisotopic (exact) mass is 1860 g/mol. The minimum Gasteiger partial charge on any atom is -0.482 e. The van der Waals surface area contributed by atoms with E-state index in [0.29, 0.717) is 51.7 Å². The molecule has 28 nitrogen and oxygen atoms in total. The van der Waals surface area contributed by atoms with Crippen LogP contribution >= 0.6 is 0 Å². The van der Waals surface area contributed by atoms with Crippen LogP contribution in [0.1, 0.15) is 87.5 Å². The van der Waals surface area contributed by atoms with E-state index in [0.717, 1.165) is 102 Å². The van der Waals surface area contributed by atoms with Gasteiger partial charge in [0, 0.05) is 93.8 Å². The highest BCUT2D eigenvalue weighted by Crippen LogP contribution is 2.46. The van der Waals surface area contributed by atoms with Crippen LogP contribution in [0.25, 0.3) is 0 Å². The molecule has 137 heavy (non-hydrogen) atoms. The molecular formula is C109H109N3O25. The van der Waals surface area contributed by atoms with E-state index in [2.05, 4.69) is 55.6 Å². The molecule has 12 aromatic carbocycles. The molecule has 0 saturated carbocycles. The number of aliphatic carboxylic acids is 3. The van der Waals surface area contributed by atoms with Gasteiger partial charge in [-0.15, -0.1) is 0 Å². The number of nitrogens with zero attached hydrogens (tertiary/aromatic N) is 3. The van der Waals surface area contributed by atoms with Gasteiger partial charge in [-0.25, -0.2) is 43.2 Å². The Morgan fingerprint density at radius 3 is 0.533 bits per heavy atom. The van der Waals surface area contributed by atoms with Gasteiger partial charge < -0.3 is 92.0 Å². The number of carbonyl (C=O) groups is 9. The highest BCUT2D eigenvalue weighted by Gasteiger charge is 2.37. The predicted octanol–water partition coefficient (Wildman–Crippen LogP) is 16.6. The Labute approximate surface area is 795 Å². The summed E-state index contributed by atoms with van der Waals surface area (Å²) in [6, 6.07) is 89.1. The maximum atomic E-state index is 12.1. The molecule has 0 spiro atoms. The molecule has 0 bridgehead atoms. The van der Waals surface area contributed by atoms with Gasteiger partial charge in [-0.05, 0) is 233 Å². The van der Waals surface area contributed by atoms with Crippen LogP contribution in [-0.2, 0) is 79.2 Å². The number of benzene rings is 12. The highest BCUT2D eigenvalue weighted by atomic mass is 16.6. The van der Waals surface area contributed by atoms with Gasteiger partial charge in [-0.3, -0.25) is 0 Å². The number of methoxy groups -OCH3 is 3. The second-order valence-electron chi connectivity index (χ2n) is 31.6. The number of aliphatic hydroxyl groups is 1. The molecule has 12 rings (SSSR count). The smallest absolute Gasteiger partial charge is 0.343 e. The van der Waals surface area contributed by atoms with Crippen LogP contribution in [0.3, 0.4) is 0 Å². The fraction of sp³-hybridized carbons (Fsp3) is 0.202. The van der Waals surface area contributed by atoms with E-state index in [1.165, 1.54) is 21.3 Å². The molecule has 4 N–H and O–H groups in total. The number of rotatable bonds is 39. The highest BCUT2D eigenvalue weighted by molar-refractivity contribution is 5.85. The van der Waals surface area contributed by atoms with E-state index < -0.39 is 95.4 Å². The molecule has 0 aliphatic heterocycles. The molecule has 0 heterocycles. The van der Waals surface area contributed by atoms with Crippen molar-refractivity contribution in [3.63, 3.8) is 0 Å². The molecule has 0 radical (unpaired) electrons. The van der Waals surface area contributed by atoms with Crippen molar-refractivity contribution in [1.82, 2.24) is 0 Å². The average Bonchev–Trinajstić information content (AvgIpc) is 0.774. The lowest BCUT2D eigenvalue weighted by Gasteiger charge is -2.32. The fourth-order valence-electron chi connectivity index (χ4n) is 14.4. The van der Waals surface area contributed by atoms with Crippen molar-refractivity contribution in [1.29, 1.82) is 0 Å². The molecule has 0 fully saturated rings. The topological polar surface area (TPSA) is 355 Å². The zero-order valence-corrected chi connectivity index (χ0v) is 78.0. The third-order valence-electron chi connectivity index (χ3n) is 22.3. The zero-order chi connectivity index (χ0) is 99.6. The van der Waals surface area contributed by atoms with E-state index >= 15 is 0 Å². The summed E-state index contributed by atoms with van der Waals surface area (Å²) >= 11 is 0. The molecule has 0 amide bonds. The van der Waals surface area contributed by atoms with E-state index in [-0.39, 0.29) is 19.8 Å². The number of hydrogen-bond donors (Lipinski definition) is 4. The Kier molecular flexibility index (Phi) is 37.3. The van der Waals surface area contributed by atoms with Gasteiger partial charge in [0.25, 0.3) is 0 Å². The maximum Gasteiger partial charge on any atom is 0.343 e. The molecule has 0 aliphatic rings. The first-order chi connectivity index (χ1) is 65.5. The lowest BCUT2D eigenvalue weighted by atomic mass is 9.71. The Morgan fingerprint density at radius 1 is 0.248 bits per heavy atom. The van der Waals surface area contributed by atoms with E-state index in [1.807, 2.05) is 238 Å². The standard InChI is InChI=1S/C29H30O9.C29H24O6.C26H24O9.C25H31N3O/c1-29(20-5-11-23(12-6-20)36-17-26(30)33-2,21-7-13-24(14-8-21)37-18-27(31)34-3)22-9-15-25(16-10-22)38-19-28(32)35-4;1-5-26(30)33-23-14-8-20(9-15-23)29(4,21-10-16-24(17-11-21)34-27(31)6-2)22-12-18-25(19-13-22)35-28(32)7-3;1-26(17-2-8-20(9-3-17)33-14-23(27)28,18-4-10-21(11-5-18)34-15-24(29)30)19-6-12-22(13-7-19)35-16-25(31)32;1-26(2)22-13-7-19(8-14-22)25(29,20-9-15-23(16-10-20)27(3)4)21-11-17-24(18-12-21)28(5)6/h5-16H,17-19H2,1-4H3;5-19H,1-3H2,4H3;2-13H,14-16H2,1H3,(H,27,28)(H,29,30)(H,31,32);7-18,29H,1-6H3. The SMILES string of the molecule is C=CC(=O)Oc1ccc(C(C)(c2ccc(OC(=O)C=C)cc2)c2ccc(OC(=O)C=C)cc2)cc1.CC(c1ccc(OCC(=O)O)cc1)(c1ccc(OCC(=O)O)cc1)c1ccc(OCC(=O)O)cc1.CN(C)c1ccc(C(O)(c2ccc(N(C)C)cc2)c2ccc(N(C)C)cc2)cc1.COC(=O)COc1ccc(C(C)(c2ccc(OCC(=O)OC)cc2)c2ccc(OCC(=O)OC)cc2)cc1.